The van der Waals surface area contributed by atoms with Crippen LogP contribution in [0.5, 0.6) is 0 Å². The first-order valence-electron chi connectivity index (χ1n) is 24.6. The average molecular weight is 878 g/mol. The second-order valence-electron chi connectivity index (χ2n) is 16.6. The topological polar surface area (TPSA) is 112 Å². The van der Waals surface area contributed by atoms with Gasteiger partial charge in [-0.1, -0.05) is 177 Å². The number of nitrogens with zero attached hydrogens (tertiary/aromatic N) is 1. The summed E-state index contributed by atoms with van der Waals surface area (Å²) in [7, 11) is -0.743. The maximum atomic E-state index is 12.7. The minimum atomic E-state index is -4.38. The van der Waals surface area contributed by atoms with Crippen LogP contribution in [0, 0.1) is 0 Å². The Bertz CT molecular complexity index is 1200. The molecule has 354 valence electrons. The fraction of sp³-hybridized carbons (Fsp3) is 0.765. The van der Waals surface area contributed by atoms with Crippen LogP contribution in [0.25, 0.3) is 0 Å². The molecule has 0 rings (SSSR count). The number of hydrogen-bond acceptors (Lipinski definition) is 8. The van der Waals surface area contributed by atoms with Crippen molar-refractivity contribution in [3.8, 4) is 0 Å². The highest BCUT2D eigenvalue weighted by Crippen LogP contribution is 2.43. The van der Waals surface area contributed by atoms with Gasteiger partial charge in [0.1, 0.15) is 6.61 Å². The molecule has 0 aliphatic rings. The van der Waals surface area contributed by atoms with Crippen LogP contribution in [0.4, 0.5) is 0 Å². The molecule has 61 heavy (non-hydrogen) atoms. The molecule has 0 saturated heterocycles. The van der Waals surface area contributed by atoms with Crippen LogP contribution in [0.2, 0.25) is 0 Å². The smallest absolute Gasteiger partial charge is 0.462 e. The third-order valence-corrected chi connectivity index (χ3v) is 11.3. The molecule has 0 aliphatic carbocycles. The largest absolute Gasteiger partial charge is 0.472 e. The zero-order valence-corrected chi connectivity index (χ0v) is 40.5. The summed E-state index contributed by atoms with van der Waals surface area (Å²) < 4.78 is 33.5. The van der Waals surface area contributed by atoms with E-state index in [9.17, 15) is 19.0 Å². The summed E-state index contributed by atoms with van der Waals surface area (Å²) in [5.74, 6) is -0.868. The first-order valence-corrected chi connectivity index (χ1v) is 26.1. The molecule has 0 aromatic carbocycles. The van der Waals surface area contributed by atoms with E-state index < -0.39 is 26.5 Å². The van der Waals surface area contributed by atoms with E-state index in [0.29, 0.717) is 19.4 Å². The Kier molecular flexibility index (Phi) is 44.0. The summed E-state index contributed by atoms with van der Waals surface area (Å²) in [4.78, 5) is 37.1. The van der Waals surface area contributed by atoms with Gasteiger partial charge >= 0.3 is 19.8 Å². The molecule has 2 atom stereocenters. The van der Waals surface area contributed by atoms with Crippen molar-refractivity contribution in [3.05, 3.63) is 60.8 Å². The Morgan fingerprint density at radius 1 is 0.508 bits per heavy atom. The molecule has 0 fully saturated rings. The fourth-order valence-corrected chi connectivity index (χ4v) is 7.24. The Hall–Kier alpha value is -2.29. The average Bonchev–Trinajstić information content (AvgIpc) is 3.23. The van der Waals surface area contributed by atoms with E-state index >= 15 is 0 Å². The van der Waals surface area contributed by atoms with E-state index in [0.717, 1.165) is 38.5 Å². The van der Waals surface area contributed by atoms with Crippen LogP contribution in [0.3, 0.4) is 0 Å². The second kappa shape index (κ2) is 45.7. The number of carbonyl (C=O) groups excluding carboxylic acids is 2. The van der Waals surface area contributed by atoms with E-state index in [1.54, 1.807) is 0 Å². The number of rotatable bonds is 45. The number of phosphoric ester groups is 1. The second-order valence-corrected chi connectivity index (χ2v) is 18.1. The minimum absolute atomic E-state index is 0.00458. The zero-order chi connectivity index (χ0) is 44.8. The van der Waals surface area contributed by atoms with E-state index in [4.69, 9.17) is 18.5 Å². The first-order chi connectivity index (χ1) is 29.7. The van der Waals surface area contributed by atoms with Crippen LogP contribution >= 0.6 is 7.82 Å². The van der Waals surface area contributed by atoms with Gasteiger partial charge in [-0.05, 0) is 91.1 Å². The van der Waals surface area contributed by atoms with Crippen molar-refractivity contribution >= 4 is 19.8 Å². The molecule has 0 aromatic heterocycles. The number of likely N-dealkylation sites (N-methyl/N-ethyl adjacent to an activating group) is 1. The van der Waals surface area contributed by atoms with Gasteiger partial charge in [0.05, 0.1) is 13.2 Å². The molecule has 0 aromatic rings. The molecule has 2 unspecified atom stereocenters. The molecular weight excluding hydrogens is 786 g/mol. The molecule has 1 N–H and O–H groups in total. The zero-order valence-electron chi connectivity index (χ0n) is 39.6. The van der Waals surface area contributed by atoms with E-state index in [2.05, 4.69) is 68.5 Å². The number of esters is 2. The van der Waals surface area contributed by atoms with Crippen LogP contribution < -0.4 is 0 Å². The molecule has 0 aliphatic heterocycles. The lowest BCUT2D eigenvalue weighted by Crippen LogP contribution is -2.29. The van der Waals surface area contributed by atoms with Gasteiger partial charge in [0.15, 0.2) is 6.10 Å². The highest BCUT2D eigenvalue weighted by atomic mass is 31.2. The summed E-state index contributed by atoms with van der Waals surface area (Å²) in [5, 5.41) is 0. The Balaban J connectivity index is 4.27. The maximum Gasteiger partial charge on any atom is 0.472 e. The lowest BCUT2D eigenvalue weighted by molar-refractivity contribution is -0.161. The van der Waals surface area contributed by atoms with Gasteiger partial charge in [0.2, 0.25) is 0 Å². The first kappa shape index (κ1) is 58.7. The van der Waals surface area contributed by atoms with Gasteiger partial charge in [-0.2, -0.15) is 0 Å². The quantitative estimate of drug-likeness (QED) is 0.0277. The number of allylic oxidation sites excluding steroid dienone is 10. The van der Waals surface area contributed by atoms with E-state index in [1.165, 1.54) is 128 Å². The Morgan fingerprint density at radius 2 is 0.902 bits per heavy atom. The van der Waals surface area contributed by atoms with Gasteiger partial charge < -0.3 is 19.3 Å². The highest BCUT2D eigenvalue weighted by Gasteiger charge is 2.26. The predicted molar refractivity (Wildman–Crippen MR) is 257 cm³/mol. The summed E-state index contributed by atoms with van der Waals surface area (Å²) in [6.07, 6.45) is 54.2. The number of hydrogen-bond donors (Lipinski definition) is 1. The van der Waals surface area contributed by atoms with Crippen molar-refractivity contribution in [2.45, 2.75) is 213 Å². The SMILES string of the molecule is CCCCC/C=C\C/C=C\C/C=C\C/C=C\CCCC(=O)OC(COC(=O)CCCCCCCCCCCCC/C=C\CCCCCCCC)COP(=O)(O)OCCN(C)C. The van der Waals surface area contributed by atoms with Gasteiger partial charge in [-0.15, -0.1) is 0 Å². The third kappa shape index (κ3) is 47.0. The molecule has 0 heterocycles. The molecule has 0 saturated carbocycles. The number of unbranched alkanes of at least 4 members (excludes halogenated alkanes) is 21. The predicted octanol–water partition coefficient (Wildman–Crippen LogP) is 14.7. The summed E-state index contributed by atoms with van der Waals surface area (Å²) in [6, 6.07) is 0. The molecule has 0 radical (unpaired) electrons. The van der Waals surface area contributed by atoms with E-state index in [-0.39, 0.29) is 32.0 Å². The van der Waals surface area contributed by atoms with Gasteiger partial charge in [-0.3, -0.25) is 18.6 Å². The van der Waals surface area contributed by atoms with Crippen molar-refractivity contribution in [1.82, 2.24) is 4.90 Å². The Labute approximate surface area is 374 Å². The van der Waals surface area contributed by atoms with E-state index in [1.807, 2.05) is 25.1 Å². The third-order valence-electron chi connectivity index (χ3n) is 10.3. The highest BCUT2D eigenvalue weighted by molar-refractivity contribution is 7.47. The fourth-order valence-electron chi connectivity index (χ4n) is 6.50. The number of phosphoric acid groups is 1. The molecule has 0 bridgehead atoms. The summed E-state index contributed by atoms with van der Waals surface area (Å²) >= 11 is 0. The minimum Gasteiger partial charge on any atom is -0.462 e. The Morgan fingerprint density at radius 3 is 1.41 bits per heavy atom. The van der Waals surface area contributed by atoms with Crippen molar-refractivity contribution in [2.75, 3.05) is 40.5 Å². The van der Waals surface area contributed by atoms with Crippen LogP contribution in [0.1, 0.15) is 206 Å². The van der Waals surface area contributed by atoms with Gasteiger partial charge in [0.25, 0.3) is 0 Å². The molecule has 9 nitrogen and oxygen atoms in total. The van der Waals surface area contributed by atoms with Gasteiger partial charge in [0, 0.05) is 19.4 Å². The summed E-state index contributed by atoms with van der Waals surface area (Å²) in [6.45, 7) is 4.24. The van der Waals surface area contributed by atoms with Crippen LogP contribution in [-0.2, 0) is 32.7 Å². The maximum absolute atomic E-state index is 12.7. The number of carbonyl (C=O) groups is 2. The molecule has 0 spiro atoms. The van der Waals surface area contributed by atoms with Crippen LogP contribution in [0.15, 0.2) is 60.8 Å². The standard InChI is InChI=1S/C51H92NO8P/c1-5-7-9-11-13-15-17-19-21-23-24-25-26-28-29-31-33-35-37-39-41-43-50(53)57-47-49(48-59-61(55,56)58-46-45-52(3)4)60-51(54)44-42-40-38-36-34-32-30-27-22-20-18-16-14-12-10-8-6-2/h14,16,19-22,30,32,36,38,49H,5-13,15,17-18,23-29,31,33-35,37,39-48H2,1-4H3,(H,55,56)/b16-14-,21-19-,22-20-,32-30-,38-36-. The summed E-state index contributed by atoms with van der Waals surface area (Å²) in [5.41, 5.74) is 0. The van der Waals surface area contributed by atoms with Gasteiger partial charge in [-0.25, -0.2) is 4.57 Å². The molecular formula is C51H92NO8P. The van der Waals surface area contributed by atoms with Crippen molar-refractivity contribution in [3.63, 3.8) is 0 Å². The molecule has 10 heteroatoms. The normalized spacial score (nSPS) is 13.8. The monoisotopic (exact) mass is 878 g/mol. The lowest BCUT2D eigenvalue weighted by atomic mass is 10.0. The van der Waals surface area contributed by atoms with Crippen molar-refractivity contribution in [2.24, 2.45) is 0 Å². The lowest BCUT2D eigenvalue weighted by Gasteiger charge is -2.20. The number of ether oxygens (including phenoxy) is 2. The molecule has 0 amide bonds. The van der Waals surface area contributed by atoms with Crippen molar-refractivity contribution in [1.29, 1.82) is 0 Å². The van der Waals surface area contributed by atoms with Crippen LogP contribution in [-0.4, -0.2) is 68.3 Å². The van der Waals surface area contributed by atoms with Crippen molar-refractivity contribution < 1.29 is 37.6 Å².